The zero-order valence-electron chi connectivity index (χ0n) is 6.82. The standard InChI is InChI=1S/C8H16.In.2H/c1-3-5-7-8-6-4-2;;;/h3H,1,4-8H2,2H3;;;. The summed E-state index contributed by atoms with van der Waals surface area (Å²) in [5.41, 5.74) is 0. The van der Waals surface area contributed by atoms with E-state index in [4.69, 9.17) is 0 Å². The molecule has 0 aliphatic rings. The van der Waals surface area contributed by atoms with Crippen LogP contribution in [0.15, 0.2) is 0 Å². The monoisotopic (exact) mass is 229 g/mol. The molecule has 0 aromatic heterocycles. The SMILES string of the molecule is CCCCCC[CH][CH2][InH2]. The van der Waals surface area contributed by atoms with E-state index in [9.17, 15) is 0 Å². The molecule has 53 valence electrons. The summed E-state index contributed by atoms with van der Waals surface area (Å²) in [6.07, 6.45) is 9.53. The first-order chi connectivity index (χ1) is 4.41. The van der Waals surface area contributed by atoms with Crippen molar-refractivity contribution >= 4 is 24.4 Å². The third-order valence-corrected chi connectivity index (χ3v) is 3.20. The summed E-state index contributed by atoms with van der Waals surface area (Å²) in [6.45, 7) is 2.26. The third-order valence-electron chi connectivity index (χ3n) is 1.55. The maximum absolute atomic E-state index is 2.46. The second-order valence-electron chi connectivity index (χ2n) is 2.55. The third kappa shape index (κ3) is 8.87. The zero-order chi connectivity index (χ0) is 6.95. The van der Waals surface area contributed by atoms with Crippen molar-refractivity contribution < 1.29 is 0 Å². The van der Waals surface area contributed by atoms with Crippen LogP contribution in [0.3, 0.4) is 0 Å². The van der Waals surface area contributed by atoms with Crippen molar-refractivity contribution in [1.82, 2.24) is 0 Å². The van der Waals surface area contributed by atoms with E-state index in [2.05, 4.69) is 13.3 Å². The molecule has 0 N–H and O–H groups in total. The Bertz CT molecular complexity index is 37.8. The molecule has 0 saturated heterocycles. The van der Waals surface area contributed by atoms with Gasteiger partial charge in [-0.25, -0.2) is 0 Å². The summed E-state index contributed by atoms with van der Waals surface area (Å²) in [4.78, 5) is 0. The Morgan fingerprint density at radius 3 is 2.56 bits per heavy atom. The van der Waals surface area contributed by atoms with Crippen molar-refractivity contribution in [3.63, 3.8) is 0 Å². The molecule has 0 unspecified atom stereocenters. The van der Waals surface area contributed by atoms with E-state index in [1.807, 2.05) is 0 Å². The molecule has 0 fully saturated rings. The van der Waals surface area contributed by atoms with E-state index < -0.39 is 0 Å². The van der Waals surface area contributed by atoms with Crippen molar-refractivity contribution in [3.8, 4) is 0 Å². The molecule has 0 aliphatic heterocycles. The van der Waals surface area contributed by atoms with Crippen LogP contribution in [0.25, 0.3) is 0 Å². The van der Waals surface area contributed by atoms with Gasteiger partial charge in [-0.2, -0.15) is 0 Å². The van der Waals surface area contributed by atoms with E-state index in [1.54, 1.807) is 0 Å². The molecule has 0 amide bonds. The molecule has 1 heteroatoms. The number of hydrogen-bond acceptors (Lipinski definition) is 0. The molecule has 0 aromatic carbocycles. The van der Waals surface area contributed by atoms with E-state index in [0.717, 1.165) is 24.4 Å². The Morgan fingerprint density at radius 2 is 2.00 bits per heavy atom. The summed E-state index contributed by atoms with van der Waals surface area (Å²) >= 11 is 0.915. The van der Waals surface area contributed by atoms with Gasteiger partial charge in [-0.1, -0.05) is 0 Å². The molecule has 0 atom stereocenters. The van der Waals surface area contributed by atoms with Crippen LogP contribution >= 0.6 is 0 Å². The average Bonchev–Trinajstić information content (AvgIpc) is 1.89. The van der Waals surface area contributed by atoms with E-state index in [-0.39, 0.29) is 0 Å². The summed E-state index contributed by atoms with van der Waals surface area (Å²) in [5.74, 6) is 0. The van der Waals surface area contributed by atoms with Crippen LogP contribution in [0.4, 0.5) is 0 Å². The fourth-order valence-electron chi connectivity index (χ4n) is 0.920. The molecular formula is C8H18In. The van der Waals surface area contributed by atoms with Crippen LogP contribution in [-0.4, -0.2) is 24.4 Å². The molecule has 0 spiro atoms. The van der Waals surface area contributed by atoms with Gasteiger partial charge < -0.3 is 0 Å². The topological polar surface area (TPSA) is 0 Å². The minimum atomic E-state index is 0.915. The van der Waals surface area contributed by atoms with Gasteiger partial charge in [-0.3, -0.25) is 0 Å². The first-order valence-corrected chi connectivity index (χ1v) is 8.27. The summed E-state index contributed by atoms with van der Waals surface area (Å²) < 4.78 is 1.45. The van der Waals surface area contributed by atoms with Gasteiger partial charge in [0.25, 0.3) is 0 Å². The van der Waals surface area contributed by atoms with Gasteiger partial charge in [-0.05, 0) is 0 Å². The fourth-order valence-corrected chi connectivity index (χ4v) is 2.08. The predicted molar refractivity (Wildman–Crippen MR) is 46.4 cm³/mol. The number of unbranched alkanes of at least 4 members (excludes halogenated alkanes) is 5. The summed E-state index contributed by atoms with van der Waals surface area (Å²) in [6, 6.07) is 0. The van der Waals surface area contributed by atoms with Gasteiger partial charge in [0.2, 0.25) is 0 Å². The van der Waals surface area contributed by atoms with E-state index in [1.165, 1.54) is 36.3 Å². The Hall–Kier alpha value is 0.870. The van der Waals surface area contributed by atoms with Crippen molar-refractivity contribution in [2.24, 2.45) is 0 Å². The molecule has 0 bridgehead atoms. The van der Waals surface area contributed by atoms with Crippen molar-refractivity contribution in [1.29, 1.82) is 0 Å². The molecule has 1 radical (unpaired) electrons. The maximum atomic E-state index is 2.46. The van der Waals surface area contributed by atoms with Crippen LogP contribution in [0.1, 0.15) is 39.0 Å². The predicted octanol–water partition coefficient (Wildman–Crippen LogP) is 2.21. The van der Waals surface area contributed by atoms with Crippen LogP contribution < -0.4 is 0 Å². The van der Waals surface area contributed by atoms with Gasteiger partial charge in [0.05, 0.1) is 0 Å². The molecule has 9 heavy (non-hydrogen) atoms. The molecule has 0 saturated carbocycles. The van der Waals surface area contributed by atoms with Crippen LogP contribution in [0, 0.1) is 6.42 Å². The van der Waals surface area contributed by atoms with Crippen molar-refractivity contribution in [2.45, 2.75) is 43.2 Å². The zero-order valence-corrected chi connectivity index (χ0v) is 12.5. The molecule has 0 rings (SSSR count). The number of hydrogen-bond donors (Lipinski definition) is 0. The second-order valence-corrected chi connectivity index (χ2v) is 4.88. The first kappa shape index (κ1) is 9.87. The molecule has 0 nitrogen and oxygen atoms in total. The summed E-state index contributed by atoms with van der Waals surface area (Å²) in [5, 5.41) is 0. The van der Waals surface area contributed by atoms with Gasteiger partial charge in [0, 0.05) is 0 Å². The Balaban J connectivity index is 2.60. The van der Waals surface area contributed by atoms with Gasteiger partial charge >= 0.3 is 74.0 Å². The van der Waals surface area contributed by atoms with Crippen LogP contribution in [0.2, 0.25) is 4.18 Å². The van der Waals surface area contributed by atoms with Gasteiger partial charge in [0.15, 0.2) is 0 Å². The van der Waals surface area contributed by atoms with Crippen LogP contribution in [-0.2, 0) is 0 Å². The average molecular weight is 229 g/mol. The van der Waals surface area contributed by atoms with Gasteiger partial charge in [0.1, 0.15) is 0 Å². The van der Waals surface area contributed by atoms with E-state index >= 15 is 0 Å². The second kappa shape index (κ2) is 8.87. The molecular weight excluding hydrogens is 211 g/mol. The molecule has 0 aromatic rings. The van der Waals surface area contributed by atoms with Crippen molar-refractivity contribution in [3.05, 3.63) is 6.42 Å². The van der Waals surface area contributed by atoms with E-state index in [0.29, 0.717) is 0 Å². The first-order valence-electron chi connectivity index (χ1n) is 4.23. The number of rotatable bonds is 6. The Morgan fingerprint density at radius 1 is 1.22 bits per heavy atom. The Kier molecular flexibility index (Phi) is 9.73. The normalized spacial score (nSPS) is 9.89. The minimum absolute atomic E-state index is 0.915. The van der Waals surface area contributed by atoms with Gasteiger partial charge in [-0.15, -0.1) is 0 Å². The molecule has 0 heterocycles. The molecule has 0 aliphatic carbocycles. The van der Waals surface area contributed by atoms with Crippen LogP contribution in [0.5, 0.6) is 0 Å². The summed E-state index contributed by atoms with van der Waals surface area (Å²) in [7, 11) is 0. The fraction of sp³-hybridized carbons (Fsp3) is 0.875. The van der Waals surface area contributed by atoms with Crippen molar-refractivity contribution in [2.75, 3.05) is 0 Å². The quantitative estimate of drug-likeness (QED) is 0.612. The Labute approximate surface area is 74.0 Å².